The fourth-order valence-corrected chi connectivity index (χ4v) is 8.25. The van der Waals surface area contributed by atoms with Crippen molar-refractivity contribution in [3.8, 4) is 0 Å². The average Bonchev–Trinajstić information content (AvgIpc) is 3.12. The quantitative estimate of drug-likeness (QED) is 0.472. The molecule has 1 aromatic rings. The molecule has 8 rings (SSSR count). The topological polar surface area (TPSA) is 80.8 Å². The molecule has 1 aromatic carbocycles. The molecular weight excluding hydrogens is 557 g/mol. The van der Waals surface area contributed by atoms with Crippen molar-refractivity contribution in [1.82, 2.24) is 9.80 Å². The molecule has 0 N–H and O–H groups in total. The third-order valence-corrected chi connectivity index (χ3v) is 11.6. The van der Waals surface area contributed by atoms with Crippen LogP contribution in [-0.4, -0.2) is 96.2 Å². The minimum Gasteiger partial charge on any atom is -0.444 e. The minimum absolute atomic E-state index is 0.158. The predicted octanol–water partition coefficient (Wildman–Crippen LogP) is 4.39. The van der Waals surface area contributed by atoms with Gasteiger partial charge in [0.1, 0.15) is 5.60 Å². The number of hydrogen-bond acceptors (Lipinski definition) is 7. The van der Waals surface area contributed by atoms with E-state index in [4.69, 9.17) is 18.8 Å². The first-order chi connectivity index (χ1) is 20.7. The van der Waals surface area contributed by atoms with E-state index < -0.39 is 29.3 Å². The Kier molecular flexibility index (Phi) is 7.24. The van der Waals surface area contributed by atoms with Gasteiger partial charge in [0.2, 0.25) is 5.91 Å². The summed E-state index contributed by atoms with van der Waals surface area (Å²) in [6.07, 6.45) is 6.80. The highest BCUT2D eigenvalue weighted by atomic mass is 16.7. The molecule has 5 saturated heterocycles. The zero-order valence-corrected chi connectivity index (χ0v) is 27.7. The van der Waals surface area contributed by atoms with Crippen LogP contribution in [0.2, 0.25) is 0 Å². The molecule has 2 unspecified atom stereocenters. The Morgan fingerprint density at radius 1 is 0.977 bits per heavy atom. The molecule has 1 aliphatic carbocycles. The summed E-state index contributed by atoms with van der Waals surface area (Å²) >= 11 is 0. The van der Waals surface area contributed by atoms with E-state index in [-0.39, 0.29) is 18.0 Å². The average molecular weight is 608 g/mol. The van der Waals surface area contributed by atoms with Crippen LogP contribution in [0.1, 0.15) is 99.0 Å². The van der Waals surface area contributed by atoms with Gasteiger partial charge in [-0.2, -0.15) is 0 Å². The summed E-state index contributed by atoms with van der Waals surface area (Å²) in [7, 11) is -0.491. The molecule has 6 fully saturated rings. The van der Waals surface area contributed by atoms with Gasteiger partial charge in [-0.1, -0.05) is 12.1 Å². The molecule has 2 amide bonds. The molecule has 2 bridgehead atoms. The Hall–Kier alpha value is -2.14. The lowest BCUT2D eigenvalue weighted by Gasteiger charge is -2.51. The number of amides is 2. The number of morpholine rings is 1. The number of likely N-dealkylation sites (tertiary alicyclic amines) is 1. The maximum absolute atomic E-state index is 14.7. The molecule has 1 spiro atoms. The molecule has 0 aromatic heterocycles. The van der Waals surface area contributed by atoms with Gasteiger partial charge in [0.25, 0.3) is 0 Å². The first-order valence-corrected chi connectivity index (χ1v) is 16.9. The highest BCUT2D eigenvalue weighted by molar-refractivity contribution is 6.62. The van der Waals surface area contributed by atoms with Gasteiger partial charge in [-0.05, 0) is 111 Å². The molecule has 6 aliphatic heterocycles. The predicted molar refractivity (Wildman–Crippen MR) is 169 cm³/mol. The summed E-state index contributed by atoms with van der Waals surface area (Å²) in [4.78, 5) is 34.2. The second-order valence-electron chi connectivity index (χ2n) is 16.1. The van der Waals surface area contributed by atoms with Crippen molar-refractivity contribution in [3.05, 3.63) is 23.8 Å². The van der Waals surface area contributed by atoms with Crippen LogP contribution in [0.15, 0.2) is 18.2 Å². The summed E-state index contributed by atoms with van der Waals surface area (Å²) in [5, 5.41) is 0. The van der Waals surface area contributed by atoms with Crippen LogP contribution in [0.5, 0.6) is 0 Å². The lowest BCUT2D eigenvalue weighted by atomic mass is 9.71. The normalized spacial score (nSPS) is 32.5. The lowest BCUT2D eigenvalue weighted by molar-refractivity contribution is -0.126. The van der Waals surface area contributed by atoms with Gasteiger partial charge in [0, 0.05) is 43.4 Å². The highest BCUT2D eigenvalue weighted by Gasteiger charge is 2.58. The van der Waals surface area contributed by atoms with Crippen LogP contribution in [-0.2, 0) is 29.0 Å². The summed E-state index contributed by atoms with van der Waals surface area (Å²) in [6.45, 7) is 16.8. The number of hydrogen-bond donors (Lipinski definition) is 0. The smallest absolute Gasteiger partial charge is 0.444 e. The summed E-state index contributed by atoms with van der Waals surface area (Å²) in [6, 6.07) is 7.52. The van der Waals surface area contributed by atoms with Crippen molar-refractivity contribution < 1.29 is 28.4 Å². The highest BCUT2D eigenvalue weighted by Crippen LogP contribution is 2.51. The summed E-state index contributed by atoms with van der Waals surface area (Å²) < 4.78 is 24.6. The van der Waals surface area contributed by atoms with Crippen LogP contribution in [0, 0.1) is 0 Å². The molecule has 7 aliphatic rings. The number of piperidine rings is 1. The van der Waals surface area contributed by atoms with Crippen LogP contribution in [0.4, 0.5) is 10.5 Å². The minimum atomic E-state index is -0.636. The largest absolute Gasteiger partial charge is 0.494 e. The first-order valence-electron chi connectivity index (χ1n) is 16.9. The van der Waals surface area contributed by atoms with E-state index in [1.165, 1.54) is 12.8 Å². The monoisotopic (exact) mass is 607 g/mol. The van der Waals surface area contributed by atoms with Crippen molar-refractivity contribution in [3.63, 3.8) is 0 Å². The van der Waals surface area contributed by atoms with Gasteiger partial charge in [0.05, 0.1) is 29.3 Å². The number of carbonyl (C=O) groups is 2. The fourth-order valence-electron chi connectivity index (χ4n) is 8.25. The first kappa shape index (κ1) is 30.5. The Bertz CT molecular complexity index is 1290. The third kappa shape index (κ3) is 4.99. The zero-order chi connectivity index (χ0) is 31.2. The van der Waals surface area contributed by atoms with E-state index in [9.17, 15) is 9.59 Å². The maximum Gasteiger partial charge on any atom is 0.494 e. The van der Waals surface area contributed by atoms with Gasteiger partial charge in [0.15, 0.2) is 0 Å². The Morgan fingerprint density at radius 2 is 1.66 bits per heavy atom. The van der Waals surface area contributed by atoms with Crippen LogP contribution < -0.4 is 10.4 Å². The number of carbonyl (C=O) groups excluding carboxylic acids is 2. The van der Waals surface area contributed by atoms with Gasteiger partial charge in [-0.25, -0.2) is 4.79 Å². The van der Waals surface area contributed by atoms with E-state index in [2.05, 4.69) is 55.7 Å². The molecule has 2 atom stereocenters. The van der Waals surface area contributed by atoms with Crippen LogP contribution in [0.25, 0.3) is 0 Å². The molecule has 9 nitrogen and oxygen atoms in total. The standard InChI is InChI=1S/C34H50BN3O6/c1-31(2,3)42-30(40)36-15-13-34(14-16-36)27-12-11-22(35-43-32(4,5)33(6,7)44-35)17-28(27)38(29(34)39)25-18-24(19-25)37-20-26-10-8-9-23(37)21-41-26/h11-12,17,23-26H,8-10,13-16,18-21H2,1-7H3. The lowest BCUT2D eigenvalue weighted by Crippen LogP contribution is -2.62. The summed E-state index contributed by atoms with van der Waals surface area (Å²) in [5.74, 6) is 0.187. The number of ether oxygens (including phenoxy) is 2. The number of fused-ring (bicyclic) bond motifs is 6. The van der Waals surface area contributed by atoms with E-state index in [1.807, 2.05) is 20.8 Å². The van der Waals surface area contributed by atoms with Crippen molar-refractivity contribution in [2.24, 2.45) is 0 Å². The van der Waals surface area contributed by atoms with Gasteiger partial charge in [-0.3, -0.25) is 9.69 Å². The summed E-state index contributed by atoms with van der Waals surface area (Å²) in [5.41, 5.74) is 0.944. The Balaban J connectivity index is 1.16. The van der Waals surface area contributed by atoms with Gasteiger partial charge < -0.3 is 28.6 Å². The third-order valence-electron chi connectivity index (χ3n) is 11.6. The fraction of sp³-hybridized carbons (Fsp3) is 0.765. The van der Waals surface area contributed by atoms with E-state index >= 15 is 0 Å². The molecule has 10 heteroatoms. The number of benzene rings is 1. The zero-order valence-electron chi connectivity index (χ0n) is 27.7. The molecule has 240 valence electrons. The van der Waals surface area contributed by atoms with E-state index in [0.29, 0.717) is 44.1 Å². The molecule has 44 heavy (non-hydrogen) atoms. The maximum atomic E-state index is 14.7. The molecular formula is C34H50BN3O6. The Morgan fingerprint density at radius 3 is 2.32 bits per heavy atom. The van der Waals surface area contributed by atoms with Crippen molar-refractivity contribution >= 4 is 30.3 Å². The number of anilines is 1. The van der Waals surface area contributed by atoms with Gasteiger partial charge in [-0.15, -0.1) is 0 Å². The SMILES string of the molecule is CC(C)(C)OC(=O)N1CCC2(CC1)C(=O)N(C1CC(N3CC4CCCC3CO4)C1)c1cc(B3OC(C)(C)C(C)(C)O3)ccc12. The number of nitrogens with zero attached hydrogens (tertiary/aromatic N) is 3. The van der Waals surface area contributed by atoms with Crippen LogP contribution in [0.3, 0.4) is 0 Å². The van der Waals surface area contributed by atoms with Crippen molar-refractivity contribution in [2.45, 2.75) is 140 Å². The van der Waals surface area contributed by atoms with Gasteiger partial charge >= 0.3 is 13.2 Å². The van der Waals surface area contributed by atoms with Crippen LogP contribution >= 0.6 is 0 Å². The van der Waals surface area contributed by atoms with E-state index in [0.717, 1.165) is 49.1 Å². The van der Waals surface area contributed by atoms with E-state index in [1.54, 1.807) is 4.90 Å². The van der Waals surface area contributed by atoms with Crippen molar-refractivity contribution in [1.29, 1.82) is 0 Å². The second-order valence-corrected chi connectivity index (χ2v) is 16.1. The van der Waals surface area contributed by atoms with Crippen molar-refractivity contribution in [2.75, 3.05) is 31.1 Å². The molecule has 0 radical (unpaired) electrons. The second kappa shape index (κ2) is 10.4. The Labute approximate surface area is 263 Å². The number of rotatable bonds is 3. The molecule has 6 heterocycles. The molecule has 1 saturated carbocycles.